The number of hydrogen-bond donors (Lipinski definition) is 2. The first-order valence-corrected chi connectivity index (χ1v) is 6.52. The van der Waals surface area contributed by atoms with Gasteiger partial charge in [-0.15, -0.1) is 0 Å². The molecule has 0 radical (unpaired) electrons. The predicted molar refractivity (Wildman–Crippen MR) is 76.4 cm³/mol. The Morgan fingerprint density at radius 1 is 0.947 bits per heavy atom. The van der Waals surface area contributed by atoms with E-state index in [1.165, 1.54) is 5.56 Å². The van der Waals surface area contributed by atoms with Crippen LogP contribution >= 0.6 is 0 Å². The summed E-state index contributed by atoms with van der Waals surface area (Å²) in [6, 6.07) is 17.8. The molecule has 0 unspecified atom stereocenters. The van der Waals surface area contributed by atoms with E-state index in [1.807, 2.05) is 48.5 Å². The number of aliphatic hydroxyl groups is 1. The summed E-state index contributed by atoms with van der Waals surface area (Å²) in [5.74, 6) is 1.68. The second-order valence-corrected chi connectivity index (χ2v) is 4.32. The normalized spacial score (nSPS) is 10.4. The lowest BCUT2D eigenvalue weighted by Crippen LogP contribution is -2.15. The van der Waals surface area contributed by atoms with Crippen molar-refractivity contribution < 1.29 is 9.84 Å². The fourth-order valence-corrected chi connectivity index (χ4v) is 1.78. The average Bonchev–Trinajstić information content (AvgIpc) is 2.45. The van der Waals surface area contributed by atoms with Gasteiger partial charge in [-0.25, -0.2) is 0 Å². The molecule has 0 fully saturated rings. The monoisotopic (exact) mass is 257 g/mol. The minimum Gasteiger partial charge on any atom is -0.457 e. The van der Waals surface area contributed by atoms with Gasteiger partial charge in [0.15, 0.2) is 0 Å². The fraction of sp³-hybridized carbons (Fsp3) is 0.250. The van der Waals surface area contributed by atoms with Crippen LogP contribution in [-0.4, -0.2) is 18.3 Å². The maximum atomic E-state index is 8.71. The summed E-state index contributed by atoms with van der Waals surface area (Å²) in [4.78, 5) is 0. The van der Waals surface area contributed by atoms with E-state index in [4.69, 9.17) is 9.84 Å². The lowest BCUT2D eigenvalue weighted by atomic mass is 10.2. The SMILES string of the molecule is OCCCNCc1cccc(Oc2ccccc2)c1. The van der Waals surface area contributed by atoms with E-state index >= 15 is 0 Å². The lowest BCUT2D eigenvalue weighted by Gasteiger charge is -2.08. The molecule has 0 saturated carbocycles. The molecule has 2 N–H and O–H groups in total. The summed E-state index contributed by atoms with van der Waals surface area (Å²) < 4.78 is 5.78. The Morgan fingerprint density at radius 3 is 2.53 bits per heavy atom. The molecule has 19 heavy (non-hydrogen) atoms. The number of benzene rings is 2. The maximum Gasteiger partial charge on any atom is 0.127 e. The van der Waals surface area contributed by atoms with Crippen molar-refractivity contribution in [2.24, 2.45) is 0 Å². The predicted octanol–water partition coefficient (Wildman–Crippen LogP) is 2.95. The number of ether oxygens (including phenoxy) is 1. The molecule has 0 atom stereocenters. The zero-order chi connectivity index (χ0) is 13.3. The molecule has 0 bridgehead atoms. The van der Waals surface area contributed by atoms with E-state index in [-0.39, 0.29) is 6.61 Å². The van der Waals surface area contributed by atoms with Gasteiger partial charge in [-0.05, 0) is 42.8 Å². The van der Waals surface area contributed by atoms with Gasteiger partial charge in [-0.2, -0.15) is 0 Å². The molecule has 2 rings (SSSR count). The van der Waals surface area contributed by atoms with Crippen molar-refractivity contribution >= 4 is 0 Å². The molecule has 2 aromatic rings. The molecular formula is C16H19NO2. The van der Waals surface area contributed by atoms with Gasteiger partial charge in [0, 0.05) is 13.2 Å². The lowest BCUT2D eigenvalue weighted by molar-refractivity contribution is 0.286. The van der Waals surface area contributed by atoms with Crippen LogP contribution in [0.4, 0.5) is 0 Å². The molecule has 100 valence electrons. The van der Waals surface area contributed by atoms with E-state index in [0.29, 0.717) is 0 Å². The number of rotatable bonds is 7. The standard InChI is InChI=1S/C16H19NO2/c18-11-5-10-17-13-14-6-4-9-16(12-14)19-15-7-2-1-3-8-15/h1-4,6-9,12,17-18H,5,10-11,13H2. The molecule has 3 nitrogen and oxygen atoms in total. The fourth-order valence-electron chi connectivity index (χ4n) is 1.78. The second-order valence-electron chi connectivity index (χ2n) is 4.32. The molecular weight excluding hydrogens is 238 g/mol. The number of hydrogen-bond acceptors (Lipinski definition) is 3. The van der Waals surface area contributed by atoms with Crippen molar-refractivity contribution in [3.8, 4) is 11.5 Å². The van der Waals surface area contributed by atoms with Gasteiger partial charge in [0.1, 0.15) is 11.5 Å². The molecule has 0 aliphatic rings. The van der Waals surface area contributed by atoms with E-state index in [2.05, 4.69) is 11.4 Å². The molecule has 0 aliphatic heterocycles. The topological polar surface area (TPSA) is 41.5 Å². The summed E-state index contributed by atoms with van der Waals surface area (Å²) in [5.41, 5.74) is 1.17. The highest BCUT2D eigenvalue weighted by molar-refractivity contribution is 5.33. The van der Waals surface area contributed by atoms with Crippen LogP contribution in [0.3, 0.4) is 0 Å². The van der Waals surface area contributed by atoms with Gasteiger partial charge in [-0.3, -0.25) is 0 Å². The molecule has 0 heterocycles. The summed E-state index contributed by atoms with van der Waals surface area (Å²) in [6.07, 6.45) is 0.778. The summed E-state index contributed by atoms with van der Waals surface area (Å²) in [6.45, 7) is 1.83. The molecule has 0 amide bonds. The number of para-hydroxylation sites is 1. The van der Waals surface area contributed by atoms with Crippen LogP contribution in [-0.2, 0) is 6.54 Å². The Morgan fingerprint density at radius 2 is 1.74 bits per heavy atom. The van der Waals surface area contributed by atoms with E-state index < -0.39 is 0 Å². The van der Waals surface area contributed by atoms with Crippen molar-refractivity contribution in [1.29, 1.82) is 0 Å². The van der Waals surface area contributed by atoms with Crippen LogP contribution < -0.4 is 10.1 Å². The first-order valence-electron chi connectivity index (χ1n) is 6.52. The molecule has 3 heteroatoms. The highest BCUT2D eigenvalue weighted by Gasteiger charge is 1.98. The van der Waals surface area contributed by atoms with E-state index in [1.54, 1.807) is 0 Å². The van der Waals surface area contributed by atoms with Crippen molar-refractivity contribution in [1.82, 2.24) is 5.32 Å². The quantitative estimate of drug-likeness (QED) is 0.749. The van der Waals surface area contributed by atoms with Crippen molar-refractivity contribution in [3.63, 3.8) is 0 Å². The molecule has 2 aromatic carbocycles. The summed E-state index contributed by atoms with van der Waals surface area (Å²) in [5, 5.41) is 12.0. The van der Waals surface area contributed by atoms with Gasteiger partial charge in [0.25, 0.3) is 0 Å². The minimum absolute atomic E-state index is 0.226. The Kier molecular flexibility index (Phi) is 5.41. The van der Waals surface area contributed by atoms with Gasteiger partial charge in [0.2, 0.25) is 0 Å². The highest BCUT2D eigenvalue weighted by atomic mass is 16.5. The van der Waals surface area contributed by atoms with Gasteiger partial charge in [-0.1, -0.05) is 30.3 Å². The van der Waals surface area contributed by atoms with Gasteiger partial charge in [0.05, 0.1) is 0 Å². The molecule has 0 aromatic heterocycles. The number of aliphatic hydroxyl groups excluding tert-OH is 1. The first kappa shape index (κ1) is 13.6. The van der Waals surface area contributed by atoms with E-state index in [9.17, 15) is 0 Å². The van der Waals surface area contributed by atoms with Crippen LogP contribution in [0.25, 0.3) is 0 Å². The highest BCUT2D eigenvalue weighted by Crippen LogP contribution is 2.21. The summed E-state index contributed by atoms with van der Waals surface area (Å²) in [7, 11) is 0. The zero-order valence-electron chi connectivity index (χ0n) is 10.9. The summed E-state index contributed by atoms with van der Waals surface area (Å²) >= 11 is 0. The molecule has 0 saturated heterocycles. The first-order chi connectivity index (χ1) is 9.38. The van der Waals surface area contributed by atoms with E-state index in [0.717, 1.165) is 31.0 Å². The Labute approximate surface area is 113 Å². The maximum absolute atomic E-state index is 8.71. The molecule has 0 spiro atoms. The zero-order valence-corrected chi connectivity index (χ0v) is 10.9. The van der Waals surface area contributed by atoms with Crippen LogP contribution in [0.5, 0.6) is 11.5 Å². The van der Waals surface area contributed by atoms with Crippen molar-refractivity contribution in [2.45, 2.75) is 13.0 Å². The van der Waals surface area contributed by atoms with Crippen molar-refractivity contribution in [2.75, 3.05) is 13.2 Å². The minimum atomic E-state index is 0.226. The Bertz CT molecular complexity index is 485. The third-order valence-corrected chi connectivity index (χ3v) is 2.72. The molecule has 0 aliphatic carbocycles. The van der Waals surface area contributed by atoms with Crippen LogP contribution in [0, 0.1) is 0 Å². The second kappa shape index (κ2) is 7.56. The van der Waals surface area contributed by atoms with Crippen LogP contribution in [0.1, 0.15) is 12.0 Å². The number of nitrogens with one attached hydrogen (secondary N) is 1. The van der Waals surface area contributed by atoms with Crippen molar-refractivity contribution in [3.05, 3.63) is 60.2 Å². The van der Waals surface area contributed by atoms with Crippen LogP contribution in [0.2, 0.25) is 0 Å². The third kappa shape index (κ3) is 4.73. The smallest absolute Gasteiger partial charge is 0.127 e. The largest absolute Gasteiger partial charge is 0.457 e. The third-order valence-electron chi connectivity index (χ3n) is 2.72. The van der Waals surface area contributed by atoms with Gasteiger partial charge >= 0.3 is 0 Å². The Hall–Kier alpha value is -1.84. The van der Waals surface area contributed by atoms with Crippen LogP contribution in [0.15, 0.2) is 54.6 Å². The van der Waals surface area contributed by atoms with Gasteiger partial charge < -0.3 is 15.2 Å². The average molecular weight is 257 g/mol. The Balaban J connectivity index is 1.91.